The number of carbonyl (C=O) groups is 1. The maximum absolute atomic E-state index is 10.7. The van der Waals surface area contributed by atoms with E-state index in [1.807, 2.05) is 0 Å². The second kappa shape index (κ2) is 2.32. The van der Waals surface area contributed by atoms with E-state index in [4.69, 9.17) is 5.11 Å². The minimum Gasteiger partial charge on any atom is -0.481 e. The molecule has 1 heterocycles. The van der Waals surface area contributed by atoms with Gasteiger partial charge in [-0.05, 0) is 30.9 Å². The first-order valence-corrected chi connectivity index (χ1v) is 4.00. The number of carboxylic acids is 1. The number of aliphatic imine (C=N–C) groups is 1. The Kier molecular flexibility index (Phi) is 1.44. The second-order valence-corrected chi connectivity index (χ2v) is 3.39. The highest BCUT2D eigenvalue weighted by molar-refractivity contribution is 5.76. The maximum atomic E-state index is 10.7. The van der Waals surface area contributed by atoms with Gasteiger partial charge in [-0.1, -0.05) is 0 Å². The Labute approximate surface area is 65.1 Å². The third-order valence-electron chi connectivity index (χ3n) is 2.64. The Morgan fingerprint density at radius 2 is 2.45 bits per heavy atom. The lowest BCUT2D eigenvalue weighted by Crippen LogP contribution is -2.16. The molecule has 0 aromatic carbocycles. The van der Waals surface area contributed by atoms with E-state index in [0.717, 1.165) is 13.0 Å². The van der Waals surface area contributed by atoms with E-state index in [9.17, 15) is 4.79 Å². The first-order chi connectivity index (χ1) is 5.29. The molecule has 0 amide bonds. The summed E-state index contributed by atoms with van der Waals surface area (Å²) in [6.07, 6.45) is 3.48. The molecule has 0 aromatic heterocycles. The van der Waals surface area contributed by atoms with E-state index >= 15 is 0 Å². The zero-order chi connectivity index (χ0) is 7.84. The minimum absolute atomic E-state index is 0.147. The van der Waals surface area contributed by atoms with Gasteiger partial charge in [-0.3, -0.25) is 9.79 Å². The highest BCUT2D eigenvalue weighted by atomic mass is 16.4. The Bertz CT molecular complexity index is 212. The summed E-state index contributed by atoms with van der Waals surface area (Å²) >= 11 is 0. The van der Waals surface area contributed by atoms with Crippen molar-refractivity contribution in [2.45, 2.75) is 12.8 Å². The van der Waals surface area contributed by atoms with Crippen LogP contribution in [0.3, 0.4) is 0 Å². The molecule has 1 saturated carbocycles. The van der Waals surface area contributed by atoms with E-state index in [1.165, 1.54) is 0 Å². The molecule has 2 aliphatic rings. The van der Waals surface area contributed by atoms with Gasteiger partial charge in [0, 0.05) is 6.54 Å². The minimum atomic E-state index is -0.647. The first kappa shape index (κ1) is 6.83. The molecule has 0 spiro atoms. The lowest BCUT2D eigenvalue weighted by atomic mass is 10.00. The lowest BCUT2D eigenvalue weighted by Gasteiger charge is -2.05. The van der Waals surface area contributed by atoms with Gasteiger partial charge in [-0.25, -0.2) is 0 Å². The summed E-state index contributed by atoms with van der Waals surface area (Å²) < 4.78 is 0. The molecular weight excluding hydrogens is 142 g/mol. The fourth-order valence-electron chi connectivity index (χ4n) is 1.83. The van der Waals surface area contributed by atoms with Crippen LogP contribution in [0.25, 0.3) is 0 Å². The van der Waals surface area contributed by atoms with Crippen LogP contribution in [-0.2, 0) is 4.79 Å². The monoisotopic (exact) mass is 153 g/mol. The largest absolute Gasteiger partial charge is 0.481 e. The standard InChI is InChI=1S/C8H11NO2/c10-8(11)6-1-2-9-4-5-3-7(5)6/h2,5-7H,1,3-4H2,(H,10,11). The number of rotatable bonds is 1. The van der Waals surface area contributed by atoms with Crippen LogP contribution >= 0.6 is 0 Å². The van der Waals surface area contributed by atoms with Crippen molar-refractivity contribution in [3.8, 4) is 0 Å². The molecule has 11 heavy (non-hydrogen) atoms. The summed E-state index contributed by atoms with van der Waals surface area (Å²) in [4.78, 5) is 14.8. The van der Waals surface area contributed by atoms with Gasteiger partial charge >= 0.3 is 5.97 Å². The van der Waals surface area contributed by atoms with E-state index in [0.29, 0.717) is 18.3 Å². The predicted octanol–water partition coefficient (Wildman–Crippen LogP) is 0.798. The smallest absolute Gasteiger partial charge is 0.307 e. The van der Waals surface area contributed by atoms with Crippen molar-refractivity contribution in [1.82, 2.24) is 0 Å². The lowest BCUT2D eigenvalue weighted by molar-refractivity contribution is -0.142. The molecule has 2 rings (SSSR count). The molecule has 3 unspecified atom stereocenters. The Morgan fingerprint density at radius 1 is 1.64 bits per heavy atom. The summed E-state index contributed by atoms with van der Waals surface area (Å²) in [5.41, 5.74) is 0. The zero-order valence-electron chi connectivity index (χ0n) is 6.23. The summed E-state index contributed by atoms with van der Waals surface area (Å²) in [7, 11) is 0. The predicted molar refractivity (Wildman–Crippen MR) is 40.7 cm³/mol. The van der Waals surface area contributed by atoms with Crippen molar-refractivity contribution in [2.24, 2.45) is 22.7 Å². The Morgan fingerprint density at radius 3 is 3.18 bits per heavy atom. The molecule has 0 aromatic rings. The average molecular weight is 153 g/mol. The Balaban J connectivity index is 2.09. The average Bonchev–Trinajstić information content (AvgIpc) is 2.60. The number of hydrogen-bond acceptors (Lipinski definition) is 2. The molecule has 0 radical (unpaired) electrons. The van der Waals surface area contributed by atoms with Gasteiger partial charge in [-0.2, -0.15) is 0 Å². The van der Waals surface area contributed by atoms with Crippen LogP contribution in [0, 0.1) is 17.8 Å². The first-order valence-electron chi connectivity index (χ1n) is 4.00. The van der Waals surface area contributed by atoms with Crippen molar-refractivity contribution in [3.63, 3.8) is 0 Å². The molecule has 1 fully saturated rings. The van der Waals surface area contributed by atoms with Crippen LogP contribution < -0.4 is 0 Å². The molecule has 0 saturated heterocycles. The molecule has 1 aliphatic heterocycles. The highest BCUT2D eigenvalue weighted by Crippen LogP contribution is 2.46. The van der Waals surface area contributed by atoms with Gasteiger partial charge < -0.3 is 5.11 Å². The fourth-order valence-corrected chi connectivity index (χ4v) is 1.83. The molecule has 3 heteroatoms. The molecule has 3 nitrogen and oxygen atoms in total. The number of aliphatic carboxylic acids is 1. The van der Waals surface area contributed by atoms with Crippen LogP contribution in [0.5, 0.6) is 0 Å². The quantitative estimate of drug-likeness (QED) is 0.605. The number of nitrogens with zero attached hydrogens (tertiary/aromatic N) is 1. The summed E-state index contributed by atoms with van der Waals surface area (Å²) in [5, 5.41) is 8.80. The van der Waals surface area contributed by atoms with Crippen LogP contribution in [-0.4, -0.2) is 23.8 Å². The molecule has 1 N–H and O–H groups in total. The van der Waals surface area contributed by atoms with Crippen LogP contribution in [0.2, 0.25) is 0 Å². The van der Waals surface area contributed by atoms with Crippen molar-refractivity contribution in [1.29, 1.82) is 0 Å². The normalized spacial score (nSPS) is 40.9. The van der Waals surface area contributed by atoms with Gasteiger partial charge in [0.15, 0.2) is 0 Å². The maximum Gasteiger partial charge on any atom is 0.307 e. The number of carboxylic acid groups (broad SMARTS) is 1. The van der Waals surface area contributed by atoms with Gasteiger partial charge in [0.05, 0.1) is 5.92 Å². The second-order valence-electron chi connectivity index (χ2n) is 3.39. The fraction of sp³-hybridized carbons (Fsp3) is 0.750. The molecule has 0 bridgehead atoms. The number of fused-ring (bicyclic) bond motifs is 1. The van der Waals surface area contributed by atoms with Gasteiger partial charge in [-0.15, -0.1) is 0 Å². The van der Waals surface area contributed by atoms with Crippen molar-refractivity contribution in [2.75, 3.05) is 6.54 Å². The highest BCUT2D eigenvalue weighted by Gasteiger charge is 2.46. The van der Waals surface area contributed by atoms with E-state index in [1.54, 1.807) is 6.21 Å². The Hall–Kier alpha value is -0.860. The zero-order valence-corrected chi connectivity index (χ0v) is 6.23. The molecular formula is C8H11NO2. The van der Waals surface area contributed by atoms with E-state index in [-0.39, 0.29) is 5.92 Å². The van der Waals surface area contributed by atoms with Gasteiger partial charge in [0.25, 0.3) is 0 Å². The van der Waals surface area contributed by atoms with Crippen molar-refractivity contribution >= 4 is 12.2 Å². The SMILES string of the molecule is O=C(O)C1CC=NCC2CC21. The van der Waals surface area contributed by atoms with Crippen molar-refractivity contribution in [3.05, 3.63) is 0 Å². The van der Waals surface area contributed by atoms with E-state index in [2.05, 4.69) is 4.99 Å². The van der Waals surface area contributed by atoms with Crippen molar-refractivity contribution < 1.29 is 9.90 Å². The topological polar surface area (TPSA) is 49.7 Å². The summed E-state index contributed by atoms with van der Waals surface area (Å²) in [5.74, 6) is 0.210. The summed E-state index contributed by atoms with van der Waals surface area (Å²) in [6.45, 7) is 0.856. The van der Waals surface area contributed by atoms with Crippen LogP contribution in [0.4, 0.5) is 0 Å². The third-order valence-corrected chi connectivity index (χ3v) is 2.64. The number of hydrogen-bond donors (Lipinski definition) is 1. The molecule has 1 aliphatic carbocycles. The summed E-state index contributed by atoms with van der Waals surface area (Å²) in [6, 6.07) is 0. The van der Waals surface area contributed by atoms with Crippen LogP contribution in [0.1, 0.15) is 12.8 Å². The van der Waals surface area contributed by atoms with Gasteiger partial charge in [0.1, 0.15) is 0 Å². The molecule has 3 atom stereocenters. The van der Waals surface area contributed by atoms with Gasteiger partial charge in [0.2, 0.25) is 0 Å². The third kappa shape index (κ3) is 1.15. The molecule has 60 valence electrons. The van der Waals surface area contributed by atoms with Crippen LogP contribution in [0.15, 0.2) is 4.99 Å². The van der Waals surface area contributed by atoms with E-state index < -0.39 is 5.97 Å².